The maximum Gasteiger partial charge on any atom is 0.238 e. The molecule has 1 amide bonds. The van der Waals surface area contributed by atoms with Crippen molar-refractivity contribution in [3.63, 3.8) is 0 Å². The molecule has 0 unspecified atom stereocenters. The third kappa shape index (κ3) is 15.3. The zero-order valence-electron chi connectivity index (χ0n) is 14.8. The number of carbonyl (C=O) groups is 1. The molecule has 0 atom stereocenters. The Labute approximate surface area is 142 Å². The number of carbonyl (C=O) groups excluding carboxylic acids is 1. The summed E-state index contributed by atoms with van der Waals surface area (Å²) in [6, 6.07) is 0. The molecule has 0 aliphatic heterocycles. The predicted molar refractivity (Wildman–Crippen MR) is 98.1 cm³/mol. The molecule has 0 bridgehead atoms. The van der Waals surface area contributed by atoms with E-state index < -0.39 is 0 Å². The van der Waals surface area contributed by atoms with Crippen molar-refractivity contribution < 1.29 is 9.90 Å². The minimum absolute atomic E-state index is 0.0272. The molecule has 0 aliphatic carbocycles. The van der Waals surface area contributed by atoms with Gasteiger partial charge in [0.25, 0.3) is 0 Å². The van der Waals surface area contributed by atoms with E-state index in [2.05, 4.69) is 17.1 Å². The molecule has 0 aromatic heterocycles. The Morgan fingerprint density at radius 3 is 2.35 bits per heavy atom. The molecule has 0 saturated carbocycles. The summed E-state index contributed by atoms with van der Waals surface area (Å²) in [5.41, 5.74) is 0. The van der Waals surface area contributed by atoms with E-state index >= 15 is 0 Å². The molecule has 132 valence electrons. The molecule has 0 rings (SSSR count). The van der Waals surface area contributed by atoms with E-state index in [9.17, 15) is 4.79 Å². The maximum absolute atomic E-state index is 12.0. The first-order valence-electron chi connectivity index (χ1n) is 8.81. The van der Waals surface area contributed by atoms with Crippen LogP contribution < -0.4 is 5.32 Å². The number of nitrogens with one attached hydrogen (secondary N) is 1. The molecule has 0 heterocycles. The molecule has 2 N–H and O–H groups in total. The van der Waals surface area contributed by atoms with Crippen LogP contribution in [0.3, 0.4) is 0 Å². The Balaban J connectivity index is 4.12. The fourth-order valence-electron chi connectivity index (χ4n) is 2.16. The molecule has 0 radical (unpaired) electrons. The second-order valence-corrected chi connectivity index (χ2v) is 5.60. The largest absolute Gasteiger partial charge is 0.396 e. The van der Waals surface area contributed by atoms with Gasteiger partial charge in [0.1, 0.15) is 0 Å². The number of rotatable bonds is 14. The summed E-state index contributed by atoms with van der Waals surface area (Å²) in [6.45, 7) is 6.72. The number of aliphatic hydroxyl groups excluding tert-OH is 1. The van der Waals surface area contributed by atoms with Gasteiger partial charge in [0.2, 0.25) is 5.91 Å². The van der Waals surface area contributed by atoms with E-state index in [0.717, 1.165) is 38.8 Å². The minimum Gasteiger partial charge on any atom is -0.396 e. The standard InChI is InChI=1S/C19H34N2O2/c1-3-5-7-8-10-14-20-19(23)18-21(15-11-6-4-2)16-12-9-13-17-22/h3,5,7-8,10,14,22H,4,6,9,11-13,15-18H2,1-2H3,(H,20,23)/b5-3+,8-7-,14-10+. The van der Waals surface area contributed by atoms with Crippen LogP contribution in [0.1, 0.15) is 52.4 Å². The zero-order chi connectivity index (χ0) is 17.2. The fraction of sp³-hybridized carbons (Fsp3) is 0.632. The van der Waals surface area contributed by atoms with E-state index in [1.807, 2.05) is 37.3 Å². The maximum atomic E-state index is 12.0. The SMILES string of the molecule is C/C=C/C=C\C=C\NC(=O)CN(CCCCC)CCCCCO. The summed E-state index contributed by atoms with van der Waals surface area (Å²) in [5.74, 6) is 0.0272. The van der Waals surface area contributed by atoms with Gasteiger partial charge in [-0.3, -0.25) is 9.69 Å². The third-order valence-corrected chi connectivity index (χ3v) is 3.44. The molecule has 0 aromatic carbocycles. The van der Waals surface area contributed by atoms with E-state index in [-0.39, 0.29) is 12.5 Å². The Kier molecular flexibility index (Phi) is 15.9. The summed E-state index contributed by atoms with van der Waals surface area (Å²) in [6.07, 6.45) is 17.6. The normalized spacial score (nSPS) is 12.2. The first-order valence-corrected chi connectivity index (χ1v) is 8.81. The molecular formula is C19H34N2O2. The van der Waals surface area contributed by atoms with Gasteiger partial charge in [-0.15, -0.1) is 0 Å². The molecular weight excluding hydrogens is 288 g/mol. The number of nitrogens with zero attached hydrogens (tertiary/aromatic N) is 1. The summed E-state index contributed by atoms with van der Waals surface area (Å²) in [7, 11) is 0. The third-order valence-electron chi connectivity index (χ3n) is 3.44. The molecule has 0 saturated heterocycles. The summed E-state index contributed by atoms with van der Waals surface area (Å²) in [5, 5.41) is 11.6. The quantitative estimate of drug-likeness (QED) is 0.381. The monoisotopic (exact) mass is 322 g/mol. The van der Waals surface area contributed by atoms with Crippen molar-refractivity contribution in [1.82, 2.24) is 10.2 Å². The zero-order valence-corrected chi connectivity index (χ0v) is 14.8. The lowest BCUT2D eigenvalue weighted by Gasteiger charge is -2.21. The van der Waals surface area contributed by atoms with E-state index in [0.29, 0.717) is 6.54 Å². The van der Waals surface area contributed by atoms with Crippen LogP contribution in [0, 0.1) is 0 Å². The lowest BCUT2D eigenvalue weighted by molar-refractivity contribution is -0.121. The van der Waals surface area contributed by atoms with Crippen LogP contribution in [0.2, 0.25) is 0 Å². The second kappa shape index (κ2) is 17.0. The first-order chi connectivity index (χ1) is 11.2. The molecule has 0 fully saturated rings. The highest BCUT2D eigenvalue weighted by atomic mass is 16.2. The number of allylic oxidation sites excluding steroid dienone is 5. The van der Waals surface area contributed by atoms with Crippen LogP contribution in [-0.2, 0) is 4.79 Å². The van der Waals surface area contributed by atoms with Crippen molar-refractivity contribution in [2.24, 2.45) is 0 Å². The Bertz CT molecular complexity index is 362. The highest BCUT2D eigenvalue weighted by Crippen LogP contribution is 2.02. The Hall–Kier alpha value is -1.39. The highest BCUT2D eigenvalue weighted by Gasteiger charge is 2.09. The highest BCUT2D eigenvalue weighted by molar-refractivity contribution is 5.79. The molecule has 4 nitrogen and oxygen atoms in total. The van der Waals surface area contributed by atoms with Crippen LogP contribution in [0.5, 0.6) is 0 Å². The second-order valence-electron chi connectivity index (χ2n) is 5.60. The Morgan fingerprint density at radius 1 is 1.00 bits per heavy atom. The van der Waals surface area contributed by atoms with E-state index in [1.165, 1.54) is 12.8 Å². The fourth-order valence-corrected chi connectivity index (χ4v) is 2.16. The van der Waals surface area contributed by atoms with Crippen molar-refractivity contribution in [2.45, 2.75) is 52.4 Å². The van der Waals surface area contributed by atoms with Crippen LogP contribution in [-0.4, -0.2) is 42.2 Å². The van der Waals surface area contributed by atoms with Crippen molar-refractivity contribution in [3.8, 4) is 0 Å². The van der Waals surface area contributed by atoms with Gasteiger partial charge < -0.3 is 10.4 Å². The van der Waals surface area contributed by atoms with Gasteiger partial charge >= 0.3 is 0 Å². The number of unbranched alkanes of at least 4 members (excludes halogenated alkanes) is 4. The first kappa shape index (κ1) is 21.6. The van der Waals surface area contributed by atoms with Crippen LogP contribution in [0.15, 0.2) is 36.6 Å². The van der Waals surface area contributed by atoms with Crippen molar-refractivity contribution in [2.75, 3.05) is 26.2 Å². The number of hydrogen-bond acceptors (Lipinski definition) is 3. The topological polar surface area (TPSA) is 52.6 Å². The van der Waals surface area contributed by atoms with Crippen LogP contribution in [0.25, 0.3) is 0 Å². The predicted octanol–water partition coefficient (Wildman–Crippen LogP) is 3.40. The molecule has 0 spiro atoms. The molecule has 0 aliphatic rings. The van der Waals surface area contributed by atoms with Gasteiger partial charge in [-0.05, 0) is 51.8 Å². The van der Waals surface area contributed by atoms with Crippen LogP contribution >= 0.6 is 0 Å². The smallest absolute Gasteiger partial charge is 0.238 e. The van der Waals surface area contributed by atoms with Crippen molar-refractivity contribution in [1.29, 1.82) is 0 Å². The van der Waals surface area contributed by atoms with E-state index in [1.54, 1.807) is 6.20 Å². The van der Waals surface area contributed by atoms with Gasteiger partial charge in [-0.25, -0.2) is 0 Å². The van der Waals surface area contributed by atoms with Gasteiger partial charge in [0, 0.05) is 12.8 Å². The van der Waals surface area contributed by atoms with Gasteiger partial charge in [-0.1, -0.05) is 44.1 Å². The Morgan fingerprint density at radius 2 is 1.70 bits per heavy atom. The van der Waals surface area contributed by atoms with Gasteiger partial charge in [0.05, 0.1) is 6.54 Å². The number of hydrogen-bond donors (Lipinski definition) is 2. The van der Waals surface area contributed by atoms with Gasteiger partial charge in [0.15, 0.2) is 0 Å². The summed E-state index contributed by atoms with van der Waals surface area (Å²) < 4.78 is 0. The average Bonchev–Trinajstić information content (AvgIpc) is 2.54. The summed E-state index contributed by atoms with van der Waals surface area (Å²) in [4.78, 5) is 14.2. The lowest BCUT2D eigenvalue weighted by Crippen LogP contribution is -2.36. The van der Waals surface area contributed by atoms with Gasteiger partial charge in [-0.2, -0.15) is 0 Å². The molecule has 23 heavy (non-hydrogen) atoms. The van der Waals surface area contributed by atoms with Crippen molar-refractivity contribution >= 4 is 5.91 Å². The number of aliphatic hydroxyl groups is 1. The number of amides is 1. The molecule has 0 aromatic rings. The molecule has 4 heteroatoms. The van der Waals surface area contributed by atoms with E-state index in [4.69, 9.17) is 5.11 Å². The van der Waals surface area contributed by atoms with Crippen molar-refractivity contribution in [3.05, 3.63) is 36.6 Å². The lowest BCUT2D eigenvalue weighted by atomic mass is 10.2. The minimum atomic E-state index is 0.0272. The van der Waals surface area contributed by atoms with Crippen LogP contribution in [0.4, 0.5) is 0 Å². The summed E-state index contributed by atoms with van der Waals surface area (Å²) >= 11 is 0. The average molecular weight is 322 g/mol.